The first-order valence-electron chi connectivity index (χ1n) is 8.87. The van der Waals surface area contributed by atoms with E-state index in [9.17, 15) is 0 Å². The summed E-state index contributed by atoms with van der Waals surface area (Å²) >= 11 is 0. The molecule has 124 valence electrons. The van der Waals surface area contributed by atoms with Crippen LogP contribution in [-0.4, -0.2) is 31.1 Å². The molecule has 0 spiro atoms. The van der Waals surface area contributed by atoms with Gasteiger partial charge in [-0.15, -0.1) is 0 Å². The van der Waals surface area contributed by atoms with Crippen molar-refractivity contribution in [2.75, 3.05) is 6.54 Å². The number of nitrogens with zero attached hydrogens (tertiary/aromatic N) is 5. The summed E-state index contributed by atoms with van der Waals surface area (Å²) in [5.74, 6) is 1.57. The second-order valence-electron chi connectivity index (χ2n) is 6.83. The Hall–Kier alpha value is -1.69. The van der Waals surface area contributed by atoms with Gasteiger partial charge in [-0.1, -0.05) is 18.5 Å². The van der Waals surface area contributed by atoms with Gasteiger partial charge in [-0.3, -0.25) is 4.90 Å². The average molecular weight is 315 g/mol. The van der Waals surface area contributed by atoms with Crippen molar-refractivity contribution >= 4 is 0 Å². The van der Waals surface area contributed by atoms with Crippen molar-refractivity contribution < 1.29 is 4.52 Å². The van der Waals surface area contributed by atoms with Crippen LogP contribution in [-0.2, 0) is 19.4 Å². The maximum Gasteiger partial charge on any atom is 0.243 e. The zero-order valence-electron chi connectivity index (χ0n) is 14.0. The zero-order chi connectivity index (χ0) is 15.8. The van der Waals surface area contributed by atoms with Crippen LogP contribution < -0.4 is 0 Å². The molecule has 0 unspecified atom stereocenters. The second-order valence-corrected chi connectivity index (χ2v) is 6.83. The summed E-state index contributed by atoms with van der Waals surface area (Å²) in [6.45, 7) is 6.23. The Morgan fingerprint density at radius 2 is 2.26 bits per heavy atom. The van der Waals surface area contributed by atoms with E-state index in [-0.39, 0.29) is 6.04 Å². The highest BCUT2D eigenvalue weighted by Crippen LogP contribution is 2.38. The quantitative estimate of drug-likeness (QED) is 0.820. The molecule has 3 heterocycles. The highest BCUT2D eigenvalue weighted by atomic mass is 16.5. The normalized spacial score (nSPS) is 19.7. The summed E-state index contributed by atoms with van der Waals surface area (Å²) in [6, 6.07) is 0.865. The molecule has 0 saturated heterocycles. The zero-order valence-corrected chi connectivity index (χ0v) is 14.0. The number of rotatable bonds is 6. The smallest absolute Gasteiger partial charge is 0.243 e. The van der Waals surface area contributed by atoms with Crippen LogP contribution in [0.25, 0.3) is 0 Å². The van der Waals surface area contributed by atoms with Crippen molar-refractivity contribution in [3.05, 3.63) is 29.4 Å². The van der Waals surface area contributed by atoms with Gasteiger partial charge >= 0.3 is 0 Å². The van der Waals surface area contributed by atoms with Gasteiger partial charge in [0.15, 0.2) is 5.82 Å². The summed E-state index contributed by atoms with van der Waals surface area (Å²) in [7, 11) is 0. The lowest BCUT2D eigenvalue weighted by atomic mass is 10.1. The molecule has 23 heavy (non-hydrogen) atoms. The minimum atomic E-state index is 0.150. The summed E-state index contributed by atoms with van der Waals surface area (Å²) in [4.78, 5) is 11.6. The van der Waals surface area contributed by atoms with Gasteiger partial charge in [-0.05, 0) is 26.2 Å². The van der Waals surface area contributed by atoms with Gasteiger partial charge in [0, 0.05) is 37.7 Å². The molecule has 2 aliphatic rings. The van der Waals surface area contributed by atoms with Crippen LogP contribution in [0.5, 0.6) is 0 Å². The summed E-state index contributed by atoms with van der Waals surface area (Å²) in [5, 5.41) is 4.12. The van der Waals surface area contributed by atoms with Crippen molar-refractivity contribution in [3.8, 4) is 0 Å². The van der Waals surface area contributed by atoms with E-state index in [4.69, 9.17) is 4.52 Å². The Morgan fingerprint density at radius 3 is 3.04 bits per heavy atom. The molecule has 1 aliphatic carbocycles. The topological polar surface area (TPSA) is 60.0 Å². The Morgan fingerprint density at radius 1 is 1.39 bits per heavy atom. The minimum absolute atomic E-state index is 0.150. The number of aryl methyl sites for hydroxylation is 1. The maximum atomic E-state index is 5.49. The van der Waals surface area contributed by atoms with Crippen molar-refractivity contribution in [1.29, 1.82) is 0 Å². The SMILES string of the molecule is CCCCc1noc([C@H](C)N2CCc3c(ncn3C3CC3)C2)n1. The lowest BCUT2D eigenvalue weighted by Crippen LogP contribution is -2.33. The maximum absolute atomic E-state index is 5.49. The van der Waals surface area contributed by atoms with E-state index in [0.717, 1.165) is 50.5 Å². The predicted molar refractivity (Wildman–Crippen MR) is 85.9 cm³/mol. The van der Waals surface area contributed by atoms with Gasteiger partial charge in [-0.2, -0.15) is 4.98 Å². The fourth-order valence-corrected chi connectivity index (χ4v) is 3.38. The molecule has 0 bridgehead atoms. The molecule has 1 fully saturated rings. The largest absolute Gasteiger partial charge is 0.338 e. The lowest BCUT2D eigenvalue weighted by Gasteiger charge is -2.30. The van der Waals surface area contributed by atoms with Crippen molar-refractivity contribution in [1.82, 2.24) is 24.6 Å². The Labute approximate surface area is 136 Å². The van der Waals surface area contributed by atoms with Gasteiger partial charge in [0.1, 0.15) is 0 Å². The molecule has 1 atom stereocenters. The minimum Gasteiger partial charge on any atom is -0.338 e. The van der Waals surface area contributed by atoms with Gasteiger partial charge in [0.2, 0.25) is 5.89 Å². The number of imidazole rings is 1. The molecule has 1 aliphatic heterocycles. The van der Waals surface area contributed by atoms with Crippen LogP contribution in [0, 0.1) is 0 Å². The molecule has 0 N–H and O–H groups in total. The highest BCUT2D eigenvalue weighted by Gasteiger charge is 2.32. The van der Waals surface area contributed by atoms with E-state index < -0.39 is 0 Å². The number of hydrogen-bond donors (Lipinski definition) is 0. The fraction of sp³-hybridized carbons (Fsp3) is 0.706. The van der Waals surface area contributed by atoms with E-state index >= 15 is 0 Å². The van der Waals surface area contributed by atoms with Crippen LogP contribution in [0.15, 0.2) is 10.9 Å². The van der Waals surface area contributed by atoms with Crippen molar-refractivity contribution in [2.45, 2.75) is 71.0 Å². The molecule has 6 heteroatoms. The molecule has 1 saturated carbocycles. The fourth-order valence-electron chi connectivity index (χ4n) is 3.38. The predicted octanol–water partition coefficient (Wildman–Crippen LogP) is 3.06. The first-order chi connectivity index (χ1) is 11.3. The van der Waals surface area contributed by atoms with Crippen LogP contribution in [0.2, 0.25) is 0 Å². The van der Waals surface area contributed by atoms with Gasteiger partial charge < -0.3 is 9.09 Å². The van der Waals surface area contributed by atoms with E-state index in [1.54, 1.807) is 0 Å². The molecular weight excluding hydrogens is 290 g/mol. The number of hydrogen-bond acceptors (Lipinski definition) is 5. The molecule has 4 rings (SSSR count). The van der Waals surface area contributed by atoms with Crippen LogP contribution in [0.3, 0.4) is 0 Å². The van der Waals surface area contributed by atoms with Crippen molar-refractivity contribution in [3.63, 3.8) is 0 Å². The first-order valence-corrected chi connectivity index (χ1v) is 8.87. The highest BCUT2D eigenvalue weighted by molar-refractivity contribution is 5.19. The first kappa shape index (κ1) is 14.9. The number of aromatic nitrogens is 4. The number of fused-ring (bicyclic) bond motifs is 1. The molecule has 6 nitrogen and oxygen atoms in total. The summed E-state index contributed by atoms with van der Waals surface area (Å²) in [6.07, 6.45) is 8.88. The third-order valence-corrected chi connectivity index (χ3v) is 5.05. The van der Waals surface area contributed by atoms with Gasteiger partial charge in [0.25, 0.3) is 0 Å². The van der Waals surface area contributed by atoms with Gasteiger partial charge in [0.05, 0.1) is 18.1 Å². The third-order valence-electron chi connectivity index (χ3n) is 5.05. The van der Waals surface area contributed by atoms with Crippen LogP contribution in [0.1, 0.15) is 74.7 Å². The third kappa shape index (κ3) is 2.92. The average Bonchev–Trinajstić information content (AvgIpc) is 3.16. The molecule has 2 aromatic rings. The van der Waals surface area contributed by atoms with E-state index in [1.807, 2.05) is 6.33 Å². The Kier molecular flexibility index (Phi) is 3.93. The van der Waals surface area contributed by atoms with E-state index in [2.05, 4.69) is 38.4 Å². The van der Waals surface area contributed by atoms with Crippen molar-refractivity contribution in [2.24, 2.45) is 0 Å². The standard InChI is InChI=1S/C17H25N5O/c1-3-4-5-16-19-17(23-20-16)12(2)21-9-8-15-14(10-21)18-11-22(15)13-6-7-13/h11-13H,3-10H2,1-2H3/t12-/m0/s1. The lowest BCUT2D eigenvalue weighted by molar-refractivity contribution is 0.154. The summed E-state index contributed by atoms with van der Waals surface area (Å²) < 4.78 is 7.89. The van der Waals surface area contributed by atoms with Crippen LogP contribution in [0.4, 0.5) is 0 Å². The number of unbranched alkanes of at least 4 members (excludes halogenated alkanes) is 1. The molecule has 2 aromatic heterocycles. The molecule has 0 radical (unpaired) electrons. The monoisotopic (exact) mass is 315 g/mol. The second kappa shape index (κ2) is 6.07. The molecule has 0 amide bonds. The Bertz CT molecular complexity index is 672. The van der Waals surface area contributed by atoms with E-state index in [0.29, 0.717) is 6.04 Å². The Balaban J connectivity index is 1.44. The van der Waals surface area contributed by atoms with Crippen LogP contribution >= 0.6 is 0 Å². The molecule has 0 aromatic carbocycles. The van der Waals surface area contributed by atoms with E-state index in [1.165, 1.54) is 24.2 Å². The summed E-state index contributed by atoms with van der Waals surface area (Å²) in [5.41, 5.74) is 2.66. The van der Waals surface area contributed by atoms with Gasteiger partial charge in [-0.25, -0.2) is 4.98 Å². The molecular formula is C17H25N5O.